The molecule has 3 aromatic rings. The van der Waals surface area contributed by atoms with Crippen LogP contribution in [0.25, 0.3) is 0 Å². The Morgan fingerprint density at radius 3 is 2.08 bits per heavy atom. The van der Waals surface area contributed by atoms with Crippen LogP contribution in [0.3, 0.4) is 0 Å². The van der Waals surface area contributed by atoms with E-state index in [9.17, 15) is 57.8 Å². The van der Waals surface area contributed by atoms with E-state index < -0.39 is 95.8 Å². The summed E-state index contributed by atoms with van der Waals surface area (Å²) in [7, 11) is 1.63. The summed E-state index contributed by atoms with van der Waals surface area (Å²) in [5.74, 6) is -6.69. The molecule has 3 unspecified atom stereocenters. The maximum atomic E-state index is 14.7. The van der Waals surface area contributed by atoms with E-state index in [2.05, 4.69) is 31.6 Å². The summed E-state index contributed by atoms with van der Waals surface area (Å²) in [4.78, 5) is 152. The molecule has 24 heteroatoms. The zero-order valence-corrected chi connectivity index (χ0v) is 52.4. The number of piperidine rings is 1. The molecule has 3 heterocycles. The number of aliphatic carboxylic acids is 1. The quantitative estimate of drug-likeness (QED) is 0.0211. The third kappa shape index (κ3) is 21.1. The number of nitrogens with zero attached hydrogens (tertiary/aromatic N) is 4. The minimum atomic E-state index is -1.01. The number of amides is 9. The Hall–Kier alpha value is -8.02. The Bertz CT molecular complexity index is 2900. The minimum Gasteiger partial charge on any atom is -0.481 e. The van der Waals surface area contributed by atoms with Crippen LogP contribution in [0.1, 0.15) is 159 Å². The van der Waals surface area contributed by atoms with Gasteiger partial charge >= 0.3 is 18.0 Å². The Balaban J connectivity index is 1.15. The topological polar surface area (TPSA) is 309 Å². The van der Waals surface area contributed by atoms with E-state index in [1.807, 2.05) is 58.0 Å². The van der Waals surface area contributed by atoms with Crippen molar-refractivity contribution in [3.63, 3.8) is 0 Å². The molecule has 474 valence electrons. The van der Waals surface area contributed by atoms with Gasteiger partial charge in [-0.1, -0.05) is 104 Å². The summed E-state index contributed by atoms with van der Waals surface area (Å²) in [6.45, 7) is 15.8. The predicted octanol–water partition coefficient (Wildman–Crippen LogP) is 6.86. The van der Waals surface area contributed by atoms with Crippen molar-refractivity contribution in [2.24, 2.45) is 23.7 Å². The summed E-state index contributed by atoms with van der Waals surface area (Å²) in [5.41, 5.74) is 1.96. The number of esters is 1. The Morgan fingerprint density at radius 1 is 0.782 bits per heavy atom. The highest BCUT2D eigenvalue weighted by atomic mass is 32.1. The van der Waals surface area contributed by atoms with Crippen molar-refractivity contribution < 1.29 is 67.3 Å². The summed E-state index contributed by atoms with van der Waals surface area (Å²) < 4.78 is 11.6. The molecule has 0 saturated carbocycles. The zero-order valence-electron chi connectivity index (χ0n) is 51.6. The number of rotatable bonds is 32. The third-order valence-electron chi connectivity index (χ3n) is 15.7. The molecule has 0 spiro atoms. The lowest BCUT2D eigenvalue weighted by atomic mass is 9.92. The van der Waals surface area contributed by atoms with Crippen molar-refractivity contribution in [2.45, 2.75) is 182 Å². The van der Waals surface area contributed by atoms with E-state index in [-0.39, 0.29) is 80.1 Å². The van der Waals surface area contributed by atoms with Gasteiger partial charge in [0.2, 0.25) is 29.5 Å². The number of likely N-dealkylation sites (tertiary alicyclic amines) is 1. The van der Waals surface area contributed by atoms with Gasteiger partial charge in [0.15, 0.2) is 6.10 Å². The molecule has 1 aromatic heterocycles. The third-order valence-corrected chi connectivity index (χ3v) is 16.7. The molecule has 0 radical (unpaired) electrons. The summed E-state index contributed by atoms with van der Waals surface area (Å²) >= 11 is 1.12. The smallest absolute Gasteiger partial charge is 0.410 e. The first kappa shape index (κ1) is 69.7. The molecule has 87 heavy (non-hydrogen) atoms. The molecule has 9 amide bonds. The van der Waals surface area contributed by atoms with E-state index >= 15 is 0 Å². The standard InChI is InChI=1S/C63H87N9O14S/c1-11-39(6)55(61(81)70(10)49(37(2)3)34-50(86-42(9)73)60-67-47(36-87-60)57(78)66-46(32-40(7)62(82)83)33-43-20-14-12-15-21-43)69-58(79)48-22-17-19-30-71(48)63(84)85-35-44-24-26-45(27-25-44)65-56(77)41(8)64-59(80)54(38(4)5)68-51(74)23-16-13-18-31-72-52(75)28-29-53(72)76/h12,14-15,20-21,24-29,36-41,46,48-50,54-55H,11,13,16-19,22-23,30-35H2,1-10H3,(H,64,80)(H,65,77)(H,66,78)(H,68,74)(H,69,79)(H,82,83)/t39-,40-,41?,46+,48?,49+,50+,54?,55-/m0/s1. The average molecular weight is 1230 g/mol. The van der Waals surface area contributed by atoms with E-state index in [0.717, 1.165) is 21.8 Å². The van der Waals surface area contributed by atoms with Crippen LogP contribution in [0.2, 0.25) is 0 Å². The Kier molecular flexibility index (Phi) is 27.1. The van der Waals surface area contributed by atoms with Crippen LogP contribution in [0.5, 0.6) is 0 Å². The molecule has 2 aliphatic rings. The number of benzene rings is 2. The van der Waals surface area contributed by atoms with Gasteiger partial charge in [-0.15, -0.1) is 11.3 Å². The highest BCUT2D eigenvalue weighted by molar-refractivity contribution is 7.09. The molecule has 1 saturated heterocycles. The number of unbranched alkanes of at least 4 members (excludes halogenated alkanes) is 2. The van der Waals surface area contributed by atoms with Crippen molar-refractivity contribution in [2.75, 3.05) is 25.5 Å². The number of likely N-dealkylation sites (N-methyl/N-ethyl adjacent to an activating group) is 1. The van der Waals surface area contributed by atoms with E-state index in [1.54, 1.807) is 62.4 Å². The molecule has 0 aliphatic carbocycles. The predicted molar refractivity (Wildman–Crippen MR) is 325 cm³/mol. The maximum absolute atomic E-state index is 14.7. The number of imide groups is 1. The van der Waals surface area contributed by atoms with Gasteiger partial charge in [-0.25, -0.2) is 9.78 Å². The lowest BCUT2D eigenvalue weighted by molar-refractivity contribution is -0.149. The van der Waals surface area contributed by atoms with Gasteiger partial charge in [0, 0.05) is 75.2 Å². The van der Waals surface area contributed by atoms with Crippen molar-refractivity contribution in [3.05, 3.63) is 94.0 Å². The van der Waals surface area contributed by atoms with Gasteiger partial charge in [0.1, 0.15) is 41.5 Å². The molecule has 2 aromatic carbocycles. The Labute approximate surface area is 513 Å². The largest absolute Gasteiger partial charge is 0.481 e. The van der Waals surface area contributed by atoms with Gasteiger partial charge in [-0.3, -0.25) is 57.7 Å². The van der Waals surface area contributed by atoms with Crippen LogP contribution in [0, 0.1) is 23.7 Å². The van der Waals surface area contributed by atoms with Crippen molar-refractivity contribution >= 4 is 82.3 Å². The number of carbonyl (C=O) groups excluding carboxylic acids is 10. The highest BCUT2D eigenvalue weighted by Gasteiger charge is 2.40. The number of hydrogen-bond acceptors (Lipinski definition) is 15. The first-order valence-electron chi connectivity index (χ1n) is 30.0. The lowest BCUT2D eigenvalue weighted by Gasteiger charge is -2.38. The molecule has 9 atom stereocenters. The molecule has 1 fully saturated rings. The van der Waals surface area contributed by atoms with Gasteiger partial charge < -0.3 is 46.1 Å². The molecule has 6 N–H and O–H groups in total. The summed E-state index contributed by atoms with van der Waals surface area (Å²) in [6, 6.07) is 11.0. The number of thiazole rings is 1. The summed E-state index contributed by atoms with van der Waals surface area (Å²) in [5, 5.41) is 25.6. The zero-order chi connectivity index (χ0) is 64.1. The summed E-state index contributed by atoms with van der Waals surface area (Å²) in [6.07, 6.45) is 5.29. The number of nitrogens with one attached hydrogen (secondary N) is 5. The van der Waals surface area contributed by atoms with E-state index in [0.29, 0.717) is 67.6 Å². The lowest BCUT2D eigenvalue weighted by Crippen LogP contribution is -2.59. The molecule has 2 aliphatic heterocycles. The fourth-order valence-corrected chi connectivity index (χ4v) is 11.2. The molecular weight excluding hydrogens is 1140 g/mol. The van der Waals surface area contributed by atoms with Crippen LogP contribution < -0.4 is 26.6 Å². The first-order chi connectivity index (χ1) is 41.3. The first-order valence-corrected chi connectivity index (χ1v) is 30.9. The molecular formula is C63H87N9O14S. The normalized spacial score (nSPS) is 16.8. The maximum Gasteiger partial charge on any atom is 0.410 e. The molecule has 0 bridgehead atoms. The second kappa shape index (κ2) is 33.8. The fraction of sp³-hybridized carbons (Fsp3) is 0.556. The van der Waals surface area contributed by atoms with Crippen LogP contribution in [-0.4, -0.2) is 146 Å². The van der Waals surface area contributed by atoms with Crippen LogP contribution in [0.4, 0.5) is 10.5 Å². The number of hydrogen-bond donors (Lipinski definition) is 6. The van der Waals surface area contributed by atoms with Crippen LogP contribution in [0.15, 0.2) is 72.1 Å². The highest BCUT2D eigenvalue weighted by Crippen LogP contribution is 2.32. The van der Waals surface area contributed by atoms with Gasteiger partial charge in [-0.2, -0.15) is 0 Å². The van der Waals surface area contributed by atoms with Gasteiger partial charge in [0.05, 0.1) is 5.92 Å². The number of carbonyl (C=O) groups is 11. The molecule has 23 nitrogen and oxygen atoms in total. The Morgan fingerprint density at radius 2 is 1.46 bits per heavy atom. The number of carboxylic acid groups (broad SMARTS) is 1. The SMILES string of the molecule is CC[C@H](C)[C@H](NC(=O)C1CCCCN1C(=O)OCc1ccc(NC(=O)C(C)NC(=O)C(NC(=O)CCCCCN2C(=O)C=CC2=O)C(C)C)cc1)C(=O)N(C)[C@H](C[C@@H](OC(C)=O)c1nc(C(=O)N[C@@H](Cc2ccccc2)C[C@H](C)C(=O)O)cs1)C(C)C. The van der Waals surface area contributed by atoms with Gasteiger partial charge in [0.25, 0.3) is 17.7 Å². The van der Waals surface area contributed by atoms with E-state index in [1.165, 1.54) is 30.9 Å². The fourth-order valence-electron chi connectivity index (χ4n) is 10.3. The second-order valence-corrected chi connectivity index (χ2v) is 24.2. The number of carboxylic acids is 1. The number of ether oxygens (including phenoxy) is 2. The van der Waals surface area contributed by atoms with E-state index in [4.69, 9.17) is 9.47 Å². The van der Waals surface area contributed by atoms with Crippen LogP contribution >= 0.6 is 11.3 Å². The van der Waals surface area contributed by atoms with Crippen molar-refractivity contribution in [3.8, 4) is 0 Å². The number of anilines is 1. The second-order valence-electron chi connectivity index (χ2n) is 23.3. The minimum absolute atomic E-state index is 0.0603. The average Bonchev–Trinajstić information content (AvgIpc) is 4.25. The van der Waals surface area contributed by atoms with Crippen LogP contribution in [-0.2, 0) is 65.7 Å². The number of aromatic nitrogens is 1. The van der Waals surface area contributed by atoms with Gasteiger partial charge in [-0.05, 0) is 92.9 Å². The molecule has 5 rings (SSSR count). The van der Waals surface area contributed by atoms with Crippen molar-refractivity contribution in [1.29, 1.82) is 0 Å². The van der Waals surface area contributed by atoms with Crippen molar-refractivity contribution in [1.82, 2.24) is 41.0 Å². The monoisotopic (exact) mass is 1230 g/mol.